The van der Waals surface area contributed by atoms with E-state index in [-0.39, 0.29) is 12.0 Å². The largest absolute Gasteiger partial charge is 0.491 e. The maximum absolute atomic E-state index is 12.1. The van der Waals surface area contributed by atoms with Gasteiger partial charge in [0.2, 0.25) is 0 Å². The molecule has 1 fully saturated rings. The highest BCUT2D eigenvalue weighted by molar-refractivity contribution is 5.98. The molecule has 0 spiro atoms. The summed E-state index contributed by atoms with van der Waals surface area (Å²) in [6.07, 6.45) is 4.69. The fourth-order valence-electron chi connectivity index (χ4n) is 2.39. The predicted molar refractivity (Wildman–Crippen MR) is 68.5 cm³/mol. The van der Waals surface area contributed by atoms with E-state index in [4.69, 9.17) is 4.74 Å². The molecule has 0 unspecified atom stereocenters. The van der Waals surface area contributed by atoms with Crippen LogP contribution >= 0.6 is 0 Å². The molecular formula is C15H20O2. The van der Waals surface area contributed by atoms with E-state index in [1.165, 1.54) is 12.8 Å². The lowest BCUT2D eigenvalue weighted by atomic mass is 9.96. The fraction of sp³-hybridized carbons (Fsp3) is 0.533. The Bertz CT molecular complexity index is 372. The number of rotatable bonds is 4. The Hall–Kier alpha value is -1.31. The topological polar surface area (TPSA) is 26.3 Å². The van der Waals surface area contributed by atoms with Crippen LogP contribution in [0.2, 0.25) is 0 Å². The predicted octanol–water partition coefficient (Wildman–Crippen LogP) is 3.85. The van der Waals surface area contributed by atoms with Crippen LogP contribution < -0.4 is 4.74 Å². The van der Waals surface area contributed by atoms with Crippen molar-refractivity contribution in [3.05, 3.63) is 29.8 Å². The number of Topliss-reactive ketones (excluding diaryl/α,β-unsaturated/α-hetero) is 1. The molecule has 17 heavy (non-hydrogen) atoms. The third-order valence-corrected chi connectivity index (χ3v) is 3.24. The van der Waals surface area contributed by atoms with Crippen molar-refractivity contribution in [2.24, 2.45) is 5.92 Å². The van der Waals surface area contributed by atoms with E-state index in [0.29, 0.717) is 5.78 Å². The molecule has 1 saturated carbocycles. The van der Waals surface area contributed by atoms with Crippen molar-refractivity contribution in [3.8, 4) is 5.75 Å². The van der Waals surface area contributed by atoms with Gasteiger partial charge in [0.05, 0.1) is 6.10 Å². The zero-order valence-electron chi connectivity index (χ0n) is 10.6. The van der Waals surface area contributed by atoms with Gasteiger partial charge < -0.3 is 4.74 Å². The SMILES string of the molecule is CC(C)Oc1ccc(C(=O)C2CCCC2)cc1. The number of carbonyl (C=O) groups excluding carboxylic acids is 1. The Labute approximate surface area is 103 Å². The Morgan fingerprint density at radius 2 is 1.76 bits per heavy atom. The van der Waals surface area contributed by atoms with E-state index in [2.05, 4.69) is 0 Å². The first-order valence-corrected chi connectivity index (χ1v) is 6.48. The molecule has 92 valence electrons. The van der Waals surface area contributed by atoms with Gasteiger partial charge in [-0.15, -0.1) is 0 Å². The molecule has 0 aliphatic heterocycles. The second-order valence-corrected chi connectivity index (χ2v) is 5.04. The summed E-state index contributed by atoms with van der Waals surface area (Å²) in [4.78, 5) is 12.1. The Balaban J connectivity index is 2.04. The van der Waals surface area contributed by atoms with Gasteiger partial charge in [0.25, 0.3) is 0 Å². The minimum Gasteiger partial charge on any atom is -0.491 e. The zero-order valence-corrected chi connectivity index (χ0v) is 10.6. The standard InChI is InChI=1S/C15H20O2/c1-11(2)17-14-9-7-13(8-10-14)15(16)12-5-3-4-6-12/h7-12H,3-6H2,1-2H3. The molecule has 2 heteroatoms. The minimum atomic E-state index is 0.173. The summed E-state index contributed by atoms with van der Waals surface area (Å²) < 4.78 is 5.56. The second kappa shape index (κ2) is 5.35. The fourth-order valence-corrected chi connectivity index (χ4v) is 2.39. The molecule has 1 aromatic carbocycles. The number of ketones is 1. The van der Waals surface area contributed by atoms with E-state index in [1.54, 1.807) is 0 Å². The van der Waals surface area contributed by atoms with Crippen LogP contribution in [0.25, 0.3) is 0 Å². The quantitative estimate of drug-likeness (QED) is 0.737. The van der Waals surface area contributed by atoms with Crippen molar-refractivity contribution in [2.75, 3.05) is 0 Å². The van der Waals surface area contributed by atoms with E-state index >= 15 is 0 Å². The van der Waals surface area contributed by atoms with Crippen molar-refractivity contribution in [1.82, 2.24) is 0 Å². The second-order valence-electron chi connectivity index (χ2n) is 5.04. The van der Waals surface area contributed by atoms with E-state index in [1.807, 2.05) is 38.1 Å². The van der Waals surface area contributed by atoms with Crippen LogP contribution in [0.4, 0.5) is 0 Å². The summed E-state index contributed by atoms with van der Waals surface area (Å²) in [6.45, 7) is 4.00. The molecule has 0 saturated heterocycles. The van der Waals surface area contributed by atoms with E-state index < -0.39 is 0 Å². The van der Waals surface area contributed by atoms with Gasteiger partial charge in [0, 0.05) is 11.5 Å². The first-order chi connectivity index (χ1) is 8.16. The molecule has 0 amide bonds. The van der Waals surface area contributed by atoms with Crippen LogP contribution in [0.1, 0.15) is 49.9 Å². The Morgan fingerprint density at radius 1 is 1.18 bits per heavy atom. The number of carbonyl (C=O) groups is 1. The Morgan fingerprint density at radius 3 is 2.29 bits per heavy atom. The highest BCUT2D eigenvalue weighted by Gasteiger charge is 2.23. The molecule has 0 bridgehead atoms. The van der Waals surface area contributed by atoms with Crippen molar-refractivity contribution in [2.45, 2.75) is 45.6 Å². The molecule has 2 nitrogen and oxygen atoms in total. The maximum Gasteiger partial charge on any atom is 0.165 e. The molecule has 0 radical (unpaired) electrons. The van der Waals surface area contributed by atoms with Crippen molar-refractivity contribution >= 4 is 5.78 Å². The summed E-state index contributed by atoms with van der Waals surface area (Å²) >= 11 is 0. The van der Waals surface area contributed by atoms with Gasteiger partial charge >= 0.3 is 0 Å². The van der Waals surface area contributed by atoms with E-state index in [9.17, 15) is 4.79 Å². The first-order valence-electron chi connectivity index (χ1n) is 6.48. The molecule has 0 N–H and O–H groups in total. The molecule has 1 aromatic rings. The van der Waals surface area contributed by atoms with Crippen LogP contribution in [-0.2, 0) is 0 Å². The molecular weight excluding hydrogens is 212 g/mol. The monoisotopic (exact) mass is 232 g/mol. The summed E-state index contributed by atoms with van der Waals surface area (Å²) in [5.74, 6) is 1.40. The summed E-state index contributed by atoms with van der Waals surface area (Å²) in [6, 6.07) is 7.56. The zero-order chi connectivity index (χ0) is 12.3. The van der Waals surface area contributed by atoms with Gasteiger partial charge in [0.1, 0.15) is 5.75 Å². The Kier molecular flexibility index (Phi) is 3.82. The average Bonchev–Trinajstić information content (AvgIpc) is 2.82. The van der Waals surface area contributed by atoms with Gasteiger partial charge in [0.15, 0.2) is 5.78 Å². The summed E-state index contributed by atoms with van der Waals surface area (Å²) in [7, 11) is 0. The van der Waals surface area contributed by atoms with Gasteiger partial charge in [-0.3, -0.25) is 4.79 Å². The lowest BCUT2D eigenvalue weighted by Gasteiger charge is -2.11. The first kappa shape index (κ1) is 12.2. The molecule has 0 heterocycles. The molecule has 2 rings (SSSR count). The smallest absolute Gasteiger partial charge is 0.165 e. The number of benzene rings is 1. The number of hydrogen-bond acceptors (Lipinski definition) is 2. The maximum atomic E-state index is 12.1. The molecule has 1 aliphatic rings. The van der Waals surface area contributed by atoms with Gasteiger partial charge in [-0.25, -0.2) is 0 Å². The van der Waals surface area contributed by atoms with Crippen LogP contribution in [-0.4, -0.2) is 11.9 Å². The molecule has 0 atom stereocenters. The normalized spacial score (nSPS) is 16.4. The van der Waals surface area contributed by atoms with Crippen LogP contribution in [0.5, 0.6) is 5.75 Å². The van der Waals surface area contributed by atoms with Gasteiger partial charge in [-0.05, 0) is 51.0 Å². The molecule has 0 aromatic heterocycles. The summed E-state index contributed by atoms with van der Waals surface area (Å²) in [5, 5.41) is 0. The number of ether oxygens (including phenoxy) is 1. The average molecular weight is 232 g/mol. The van der Waals surface area contributed by atoms with Gasteiger partial charge in [-0.1, -0.05) is 12.8 Å². The van der Waals surface area contributed by atoms with Crippen LogP contribution in [0.3, 0.4) is 0 Å². The highest BCUT2D eigenvalue weighted by atomic mass is 16.5. The van der Waals surface area contributed by atoms with Crippen molar-refractivity contribution < 1.29 is 9.53 Å². The highest BCUT2D eigenvalue weighted by Crippen LogP contribution is 2.28. The summed E-state index contributed by atoms with van der Waals surface area (Å²) in [5.41, 5.74) is 0.827. The van der Waals surface area contributed by atoms with Crippen molar-refractivity contribution in [3.63, 3.8) is 0 Å². The number of hydrogen-bond donors (Lipinski definition) is 0. The lowest BCUT2D eigenvalue weighted by Crippen LogP contribution is -2.11. The third-order valence-electron chi connectivity index (χ3n) is 3.24. The molecule has 1 aliphatic carbocycles. The van der Waals surface area contributed by atoms with Crippen LogP contribution in [0, 0.1) is 5.92 Å². The van der Waals surface area contributed by atoms with Crippen LogP contribution in [0.15, 0.2) is 24.3 Å². The van der Waals surface area contributed by atoms with Crippen molar-refractivity contribution in [1.29, 1.82) is 0 Å². The minimum absolute atomic E-state index is 0.173. The lowest BCUT2D eigenvalue weighted by molar-refractivity contribution is 0.0923. The third kappa shape index (κ3) is 3.09. The van der Waals surface area contributed by atoms with Gasteiger partial charge in [-0.2, -0.15) is 0 Å². The van der Waals surface area contributed by atoms with E-state index in [0.717, 1.165) is 24.2 Å².